The Morgan fingerprint density at radius 2 is 1.48 bits per heavy atom. The minimum absolute atomic E-state index is 0. The van der Waals surface area contributed by atoms with Crippen LogP contribution in [0.15, 0.2) is 29.2 Å². The van der Waals surface area contributed by atoms with E-state index in [9.17, 15) is 37.5 Å². The molecule has 0 unspecified atom stereocenters. The molecule has 14 nitrogen and oxygen atoms in total. The van der Waals surface area contributed by atoms with E-state index in [4.69, 9.17) is 5.11 Å². The molecule has 0 bridgehead atoms. The van der Waals surface area contributed by atoms with Gasteiger partial charge in [-0.25, -0.2) is 8.42 Å². The van der Waals surface area contributed by atoms with Gasteiger partial charge in [0, 0.05) is 46.6 Å². The summed E-state index contributed by atoms with van der Waals surface area (Å²) in [7, 11) is -3.93. The number of nitrogens with one attached hydrogen (secondary N) is 1. The number of carboxylic acids is 2. The van der Waals surface area contributed by atoms with Crippen LogP contribution in [-0.2, 0) is 34.0 Å². The third-order valence-corrected chi connectivity index (χ3v) is 9.82. The summed E-state index contributed by atoms with van der Waals surface area (Å²) in [5.41, 5.74) is 1.00. The van der Waals surface area contributed by atoms with Gasteiger partial charge in [-0.3, -0.25) is 25.5 Å². The Balaban J connectivity index is 0.000000762. The van der Waals surface area contributed by atoms with E-state index in [1.807, 2.05) is 20.1 Å². The minimum atomic E-state index is -3.93. The first-order chi connectivity index (χ1) is 20.7. The van der Waals surface area contributed by atoms with Crippen molar-refractivity contribution in [2.24, 2.45) is 11.8 Å². The summed E-state index contributed by atoms with van der Waals surface area (Å²) >= 11 is 0. The van der Waals surface area contributed by atoms with Crippen molar-refractivity contribution in [2.45, 2.75) is 70.2 Å². The summed E-state index contributed by atoms with van der Waals surface area (Å²) < 4.78 is 26.6. The van der Waals surface area contributed by atoms with E-state index >= 15 is 0 Å². The van der Waals surface area contributed by atoms with Crippen molar-refractivity contribution in [3.63, 3.8) is 0 Å². The van der Waals surface area contributed by atoms with Crippen LogP contribution >= 0.6 is 0 Å². The first-order valence-electron chi connectivity index (χ1n) is 14.9. The molecule has 4 rings (SSSR count). The van der Waals surface area contributed by atoms with Crippen LogP contribution in [0, 0.1) is 11.8 Å². The maximum absolute atomic E-state index is 12.8. The Hall–Kier alpha value is -2.40. The molecule has 4 N–H and O–H groups in total. The molecule has 3 fully saturated rings. The fourth-order valence-electron chi connectivity index (χ4n) is 5.12. The van der Waals surface area contributed by atoms with Crippen LogP contribution in [0.25, 0.3) is 0 Å². The van der Waals surface area contributed by atoms with Gasteiger partial charge in [0.15, 0.2) is 0 Å². The van der Waals surface area contributed by atoms with Gasteiger partial charge in [-0.05, 0) is 56.0 Å². The fraction of sp³-hybridized carbons (Fsp3) is 0.633. The van der Waals surface area contributed by atoms with Gasteiger partial charge in [-0.1, -0.05) is 32.4 Å². The van der Waals surface area contributed by atoms with Gasteiger partial charge in [0.25, 0.3) is 0 Å². The zero-order chi connectivity index (χ0) is 33.0. The largest absolute Gasteiger partial charge is 1.00 e. The number of piperidine rings is 2. The molecule has 1 aromatic rings. The van der Waals surface area contributed by atoms with E-state index in [1.165, 1.54) is 30.9 Å². The second kappa shape index (κ2) is 20.8. The van der Waals surface area contributed by atoms with Crippen LogP contribution in [0.1, 0.15) is 64.9 Å². The number of amides is 2. The third-order valence-electron chi connectivity index (χ3n) is 7.89. The van der Waals surface area contributed by atoms with E-state index in [0.29, 0.717) is 13.1 Å². The molecular weight excluding hydrogens is 631 g/mol. The van der Waals surface area contributed by atoms with Gasteiger partial charge >= 0.3 is 41.5 Å². The van der Waals surface area contributed by atoms with Crippen molar-refractivity contribution in [1.29, 1.82) is 0 Å². The van der Waals surface area contributed by atoms with E-state index in [1.54, 1.807) is 17.0 Å². The third kappa shape index (κ3) is 13.0. The van der Waals surface area contributed by atoms with Crippen molar-refractivity contribution < 1.29 is 77.6 Å². The van der Waals surface area contributed by atoms with Crippen molar-refractivity contribution in [2.75, 3.05) is 45.8 Å². The summed E-state index contributed by atoms with van der Waals surface area (Å²) in [6, 6.07) is 5.19. The molecule has 0 radical (unpaired) electrons. The zero-order valence-corrected chi connectivity index (χ0v) is 30.2. The van der Waals surface area contributed by atoms with Crippen LogP contribution in [0.5, 0.6) is 0 Å². The number of sulfonamides is 1. The molecule has 16 heteroatoms. The van der Waals surface area contributed by atoms with Crippen LogP contribution < -0.4 is 34.9 Å². The Morgan fingerprint density at radius 3 is 1.91 bits per heavy atom. The molecule has 3 heterocycles. The average molecular weight is 678 g/mol. The second-order valence-electron chi connectivity index (χ2n) is 11.5. The molecule has 46 heavy (non-hydrogen) atoms. The maximum atomic E-state index is 12.8. The van der Waals surface area contributed by atoms with Crippen LogP contribution in [0.2, 0.25) is 0 Å². The van der Waals surface area contributed by atoms with E-state index < -0.39 is 28.0 Å². The SMILES string of the molecule is CC(=O)N1CCC[C@@H]([C-]=O)C1.CC(=O)N1CCN(S(=O)(=O)c2ccc(C(C)C)cc2)[C@@H](C(=O)O)C1.O=C(O)[C@@H]1CCCNC1.[Na+].[OH-]. The molecule has 0 aliphatic carbocycles. The molecule has 1 aromatic carbocycles. The molecule has 0 spiro atoms. The molecule has 3 atom stereocenters. The normalized spacial score (nSPS) is 21.5. The number of piperazine rings is 1. The molecule has 3 saturated heterocycles. The van der Waals surface area contributed by atoms with Gasteiger partial charge < -0.3 is 35.6 Å². The molecular formula is C30H46N4NaO10S-. The second-order valence-corrected chi connectivity index (χ2v) is 13.4. The van der Waals surface area contributed by atoms with Crippen LogP contribution in [0.4, 0.5) is 0 Å². The first kappa shape index (κ1) is 43.6. The predicted octanol–water partition coefficient (Wildman–Crippen LogP) is -1.63. The average Bonchev–Trinajstić information content (AvgIpc) is 3.01. The number of hydrogen-bond donors (Lipinski definition) is 3. The molecule has 0 aromatic heterocycles. The molecule has 3 aliphatic rings. The number of carbonyl (C=O) groups excluding carboxylic acids is 3. The van der Waals surface area contributed by atoms with Crippen molar-refractivity contribution in [3.05, 3.63) is 29.8 Å². The summed E-state index contributed by atoms with van der Waals surface area (Å²) in [5.74, 6) is -2.05. The Labute approximate surface area is 293 Å². The topological polar surface area (TPSA) is 212 Å². The molecule has 3 aliphatic heterocycles. The fourth-order valence-corrected chi connectivity index (χ4v) is 6.69. The van der Waals surface area contributed by atoms with Gasteiger partial charge in [-0.2, -0.15) is 4.31 Å². The van der Waals surface area contributed by atoms with Gasteiger partial charge in [-0.15, -0.1) is 5.92 Å². The van der Waals surface area contributed by atoms with Gasteiger partial charge in [0.2, 0.25) is 21.8 Å². The number of carboxylic acid groups (broad SMARTS) is 2. The zero-order valence-electron chi connectivity index (χ0n) is 27.3. The van der Waals surface area contributed by atoms with Gasteiger partial charge in [0.1, 0.15) is 6.04 Å². The van der Waals surface area contributed by atoms with Crippen molar-refractivity contribution in [3.8, 4) is 0 Å². The number of hydrogen-bond acceptors (Lipinski definition) is 9. The van der Waals surface area contributed by atoms with E-state index in [2.05, 4.69) is 5.32 Å². The van der Waals surface area contributed by atoms with Gasteiger partial charge in [0.05, 0.1) is 10.8 Å². The maximum Gasteiger partial charge on any atom is 1.00 e. The number of likely N-dealkylation sites (tertiary alicyclic amines) is 1. The number of carbonyl (C=O) groups is 4. The van der Waals surface area contributed by atoms with E-state index in [-0.39, 0.29) is 89.1 Å². The summed E-state index contributed by atoms with van der Waals surface area (Å²) in [5, 5.41) is 20.9. The molecule has 254 valence electrons. The number of benzene rings is 1. The first-order valence-corrected chi connectivity index (χ1v) is 16.3. The van der Waals surface area contributed by atoms with Crippen molar-refractivity contribution in [1.82, 2.24) is 19.4 Å². The summed E-state index contributed by atoms with van der Waals surface area (Å²) in [6.07, 6.45) is 5.59. The molecule has 0 saturated carbocycles. The number of rotatable bonds is 6. The Bertz CT molecular complexity index is 1260. The molecule has 2 amide bonds. The van der Waals surface area contributed by atoms with E-state index in [0.717, 1.165) is 48.6 Å². The summed E-state index contributed by atoms with van der Waals surface area (Å²) in [4.78, 5) is 57.5. The quantitative estimate of drug-likeness (QED) is 0.230. The smallest absolute Gasteiger partial charge is 0.870 e. The number of nitrogens with zero attached hydrogens (tertiary/aromatic N) is 3. The van der Waals surface area contributed by atoms with Crippen LogP contribution in [0.3, 0.4) is 0 Å². The monoisotopic (exact) mass is 677 g/mol. The summed E-state index contributed by atoms with van der Waals surface area (Å²) in [6.45, 7) is 9.88. The Morgan fingerprint density at radius 1 is 0.891 bits per heavy atom. The minimum Gasteiger partial charge on any atom is -0.870 e. The van der Waals surface area contributed by atoms with Crippen molar-refractivity contribution >= 4 is 40.1 Å². The van der Waals surface area contributed by atoms with Crippen LogP contribution in [-0.4, -0.2) is 120 Å². The Kier molecular flexibility index (Phi) is 19.7. The number of aliphatic carboxylic acids is 2. The standard InChI is InChI=1S/C16H22N2O5S.C8H12NO2.C6H11NO2.Na.H2O/c1-11(2)13-4-6-14(7-5-13)24(22,23)18-9-8-17(12(3)19)10-15(18)16(20)21;1-7(11)9-4-2-3-8(5-9)6-10;8-6(9)5-2-1-3-7-4-5;;/h4-7,11,15H,8-10H2,1-3H3,(H,20,21);8H,2-5H2,1H3;5,7H,1-4H2,(H,8,9);;1H2/q;-1;;+1;/p-1/t15-;8-;5-;;/m111../s1. The predicted molar refractivity (Wildman–Crippen MR) is 164 cm³/mol.